The van der Waals surface area contributed by atoms with Crippen LogP contribution in [0.3, 0.4) is 0 Å². The second-order valence-corrected chi connectivity index (χ2v) is 6.16. The van der Waals surface area contributed by atoms with Crippen LogP contribution >= 0.6 is 15.9 Å². The molecule has 1 aromatic carbocycles. The molecule has 0 bridgehead atoms. The van der Waals surface area contributed by atoms with E-state index in [1.165, 1.54) is 36.8 Å². The highest BCUT2D eigenvalue weighted by molar-refractivity contribution is 9.09. The van der Waals surface area contributed by atoms with Crippen molar-refractivity contribution in [3.63, 3.8) is 0 Å². The van der Waals surface area contributed by atoms with Crippen LogP contribution in [-0.4, -0.2) is 4.83 Å². The van der Waals surface area contributed by atoms with Gasteiger partial charge in [0, 0.05) is 4.83 Å². The maximum Gasteiger partial charge on any atom is 0.0214 e. The first-order valence-corrected chi connectivity index (χ1v) is 7.79. The highest BCUT2D eigenvalue weighted by Gasteiger charge is 2.18. The Hall–Kier alpha value is -0.300. The van der Waals surface area contributed by atoms with Crippen molar-refractivity contribution in [2.75, 3.05) is 0 Å². The normalized spacial score (nSPS) is 13.0. The van der Waals surface area contributed by atoms with Crippen LogP contribution in [0.4, 0.5) is 0 Å². The van der Waals surface area contributed by atoms with Gasteiger partial charge < -0.3 is 0 Å². The fourth-order valence-corrected chi connectivity index (χ4v) is 3.34. The molecule has 1 atom stereocenters. The van der Waals surface area contributed by atoms with Crippen molar-refractivity contribution in [3.05, 3.63) is 35.4 Å². The van der Waals surface area contributed by atoms with E-state index in [1.807, 2.05) is 0 Å². The van der Waals surface area contributed by atoms with E-state index in [4.69, 9.17) is 0 Å². The van der Waals surface area contributed by atoms with Gasteiger partial charge in [0.15, 0.2) is 0 Å². The van der Waals surface area contributed by atoms with Gasteiger partial charge in [-0.1, -0.05) is 66.9 Å². The van der Waals surface area contributed by atoms with E-state index in [-0.39, 0.29) is 0 Å². The molecule has 1 aromatic rings. The summed E-state index contributed by atoms with van der Waals surface area (Å²) in [6.45, 7) is 6.79. The molecule has 0 N–H and O–H groups in total. The smallest absolute Gasteiger partial charge is 0.0214 e. The summed E-state index contributed by atoms with van der Waals surface area (Å²) in [6.07, 6.45) is 6.43. The van der Waals surface area contributed by atoms with Gasteiger partial charge in [0.05, 0.1) is 0 Å². The van der Waals surface area contributed by atoms with E-state index in [2.05, 4.69) is 61.0 Å². The van der Waals surface area contributed by atoms with Crippen molar-refractivity contribution in [1.82, 2.24) is 0 Å². The van der Waals surface area contributed by atoms with Crippen molar-refractivity contribution >= 4 is 15.9 Å². The molecule has 1 unspecified atom stereocenters. The van der Waals surface area contributed by atoms with Crippen molar-refractivity contribution in [2.24, 2.45) is 5.92 Å². The largest absolute Gasteiger partial charge is 0.0884 e. The molecule has 0 radical (unpaired) electrons. The summed E-state index contributed by atoms with van der Waals surface area (Å²) in [4.78, 5) is 0.628. The van der Waals surface area contributed by atoms with Crippen LogP contribution in [0, 0.1) is 12.8 Å². The van der Waals surface area contributed by atoms with Crippen molar-refractivity contribution in [1.29, 1.82) is 0 Å². The fourth-order valence-electron chi connectivity index (χ4n) is 2.46. The Morgan fingerprint density at radius 1 is 1.06 bits per heavy atom. The zero-order valence-electron chi connectivity index (χ0n) is 11.4. The SMILES string of the molecule is CCCC(CCC)C(Br)Cc1ccccc1C. The average molecular weight is 297 g/mol. The van der Waals surface area contributed by atoms with Crippen molar-refractivity contribution < 1.29 is 0 Å². The lowest BCUT2D eigenvalue weighted by molar-refractivity contribution is 0.427. The third kappa shape index (κ3) is 4.83. The molecule has 0 heterocycles. The first-order valence-electron chi connectivity index (χ1n) is 6.87. The molecule has 0 saturated heterocycles. The predicted molar refractivity (Wildman–Crippen MR) is 80.9 cm³/mol. The number of hydrogen-bond acceptors (Lipinski definition) is 0. The molecule has 96 valence electrons. The predicted octanol–water partition coefficient (Wildman–Crippen LogP) is 5.52. The second kappa shape index (κ2) is 7.92. The highest BCUT2D eigenvalue weighted by Crippen LogP contribution is 2.27. The highest BCUT2D eigenvalue weighted by atomic mass is 79.9. The van der Waals surface area contributed by atoms with Gasteiger partial charge in [0.25, 0.3) is 0 Å². The Balaban J connectivity index is 2.62. The van der Waals surface area contributed by atoms with E-state index < -0.39 is 0 Å². The van der Waals surface area contributed by atoms with E-state index in [0.717, 1.165) is 12.3 Å². The van der Waals surface area contributed by atoms with Gasteiger partial charge >= 0.3 is 0 Å². The minimum atomic E-state index is 0.628. The molecular formula is C16H25Br. The Kier molecular flexibility index (Phi) is 6.87. The minimum Gasteiger partial charge on any atom is -0.0884 e. The summed E-state index contributed by atoms with van der Waals surface area (Å²) < 4.78 is 0. The molecule has 0 saturated carbocycles. The third-order valence-corrected chi connectivity index (χ3v) is 4.58. The molecule has 0 aliphatic heterocycles. The summed E-state index contributed by atoms with van der Waals surface area (Å²) >= 11 is 3.92. The molecule has 0 aliphatic carbocycles. The molecule has 0 aliphatic rings. The Bertz CT molecular complexity index is 313. The van der Waals surface area contributed by atoms with Crippen molar-refractivity contribution in [2.45, 2.75) is 57.7 Å². The van der Waals surface area contributed by atoms with Crippen LogP contribution < -0.4 is 0 Å². The Morgan fingerprint density at radius 2 is 1.65 bits per heavy atom. The number of aryl methyl sites for hydroxylation is 1. The molecule has 17 heavy (non-hydrogen) atoms. The van der Waals surface area contributed by atoms with Crippen LogP contribution in [0.25, 0.3) is 0 Å². The zero-order chi connectivity index (χ0) is 12.7. The third-order valence-electron chi connectivity index (χ3n) is 3.51. The lowest BCUT2D eigenvalue weighted by atomic mass is 9.90. The summed E-state index contributed by atoms with van der Waals surface area (Å²) in [5.41, 5.74) is 2.91. The monoisotopic (exact) mass is 296 g/mol. The first-order chi connectivity index (χ1) is 8.19. The van der Waals surface area contributed by atoms with Gasteiger partial charge in [-0.2, -0.15) is 0 Å². The molecule has 1 rings (SSSR count). The number of benzene rings is 1. The summed E-state index contributed by atoms with van der Waals surface area (Å²) in [5.74, 6) is 0.824. The van der Waals surface area contributed by atoms with Gasteiger partial charge in [-0.15, -0.1) is 0 Å². The van der Waals surface area contributed by atoms with Crippen LogP contribution in [0.1, 0.15) is 50.7 Å². The summed E-state index contributed by atoms with van der Waals surface area (Å²) in [7, 11) is 0. The molecule has 0 spiro atoms. The molecule has 0 aromatic heterocycles. The quantitative estimate of drug-likeness (QED) is 0.581. The zero-order valence-corrected chi connectivity index (χ0v) is 13.0. The van der Waals surface area contributed by atoms with E-state index in [1.54, 1.807) is 0 Å². The molecule has 0 amide bonds. The van der Waals surface area contributed by atoms with Crippen molar-refractivity contribution in [3.8, 4) is 0 Å². The van der Waals surface area contributed by atoms with Gasteiger partial charge in [-0.25, -0.2) is 0 Å². The summed E-state index contributed by atoms with van der Waals surface area (Å²) in [5, 5.41) is 0. The second-order valence-electron chi connectivity index (χ2n) is 4.98. The number of alkyl halides is 1. The van der Waals surface area contributed by atoms with Gasteiger partial charge in [0.2, 0.25) is 0 Å². The molecule has 0 nitrogen and oxygen atoms in total. The molecule has 0 fully saturated rings. The van der Waals surface area contributed by atoms with Crippen LogP contribution in [0.5, 0.6) is 0 Å². The number of hydrogen-bond donors (Lipinski definition) is 0. The lowest BCUT2D eigenvalue weighted by Gasteiger charge is -2.22. The average Bonchev–Trinajstić information content (AvgIpc) is 2.32. The maximum atomic E-state index is 3.92. The standard InChI is InChI=1S/C16H25Br/c1-4-8-14(9-5-2)16(17)12-15-11-7-6-10-13(15)3/h6-7,10-11,14,16H,4-5,8-9,12H2,1-3H3. The van der Waals surface area contributed by atoms with E-state index in [0.29, 0.717) is 4.83 Å². The van der Waals surface area contributed by atoms with E-state index >= 15 is 0 Å². The van der Waals surface area contributed by atoms with Gasteiger partial charge in [0.1, 0.15) is 0 Å². The minimum absolute atomic E-state index is 0.628. The number of halogens is 1. The van der Waals surface area contributed by atoms with Crippen LogP contribution in [0.15, 0.2) is 24.3 Å². The van der Waals surface area contributed by atoms with Crippen LogP contribution in [-0.2, 0) is 6.42 Å². The molecular weight excluding hydrogens is 272 g/mol. The Morgan fingerprint density at radius 3 is 2.18 bits per heavy atom. The topological polar surface area (TPSA) is 0 Å². The van der Waals surface area contributed by atoms with Crippen LogP contribution in [0.2, 0.25) is 0 Å². The molecule has 1 heteroatoms. The van der Waals surface area contributed by atoms with Gasteiger partial charge in [-0.05, 0) is 43.2 Å². The summed E-state index contributed by atoms with van der Waals surface area (Å²) in [6, 6.07) is 8.75. The van der Waals surface area contributed by atoms with Gasteiger partial charge in [-0.3, -0.25) is 0 Å². The maximum absolute atomic E-state index is 3.92. The fraction of sp³-hybridized carbons (Fsp3) is 0.625. The number of rotatable bonds is 7. The lowest BCUT2D eigenvalue weighted by Crippen LogP contribution is -2.17. The van der Waals surface area contributed by atoms with E-state index in [9.17, 15) is 0 Å². The first kappa shape index (κ1) is 14.8. The Labute approximate surface area is 115 Å².